The molecule has 0 saturated carbocycles. The van der Waals surface area contributed by atoms with Gasteiger partial charge in [-0.15, -0.1) is 0 Å². The number of hydrogen-bond donors (Lipinski definition) is 2. The molecule has 1 atom stereocenters. The fraction of sp³-hybridized carbons (Fsp3) is 0.212. The van der Waals surface area contributed by atoms with E-state index < -0.39 is 29.6 Å². The summed E-state index contributed by atoms with van der Waals surface area (Å²) in [6.07, 6.45) is 2.20. The van der Waals surface area contributed by atoms with Gasteiger partial charge in [0.2, 0.25) is 0 Å². The van der Waals surface area contributed by atoms with Gasteiger partial charge in [0.15, 0.2) is 0 Å². The van der Waals surface area contributed by atoms with Gasteiger partial charge in [-0.05, 0) is 77.9 Å². The maximum Gasteiger partial charge on any atom is 0.326 e. The summed E-state index contributed by atoms with van der Waals surface area (Å²) >= 11 is 1.52. The molecule has 0 saturated heterocycles. The maximum absolute atomic E-state index is 14.6. The Morgan fingerprint density at radius 3 is 2.32 bits per heavy atom. The lowest BCUT2D eigenvalue weighted by Crippen LogP contribution is -2.41. The monoisotopic (exact) mass is 574 g/mol. The molecule has 0 heterocycles. The van der Waals surface area contributed by atoms with Crippen LogP contribution in [0.3, 0.4) is 0 Å². The van der Waals surface area contributed by atoms with Crippen molar-refractivity contribution in [1.82, 2.24) is 5.32 Å². The van der Waals surface area contributed by atoms with E-state index in [-0.39, 0.29) is 6.54 Å². The highest BCUT2D eigenvalue weighted by Crippen LogP contribution is 2.30. The van der Waals surface area contributed by atoms with Gasteiger partial charge in [0.25, 0.3) is 5.91 Å². The molecule has 8 heteroatoms. The molecule has 0 radical (unpaired) electrons. The van der Waals surface area contributed by atoms with Crippen LogP contribution in [-0.2, 0) is 17.9 Å². The molecule has 2 N–H and O–H groups in total. The Morgan fingerprint density at radius 2 is 1.63 bits per heavy atom. The number of halogens is 2. The predicted octanol–water partition coefficient (Wildman–Crippen LogP) is 7.08. The molecule has 0 aromatic heterocycles. The van der Waals surface area contributed by atoms with Gasteiger partial charge in [0.1, 0.15) is 17.7 Å². The minimum atomic E-state index is -1.08. The van der Waals surface area contributed by atoms with Gasteiger partial charge in [-0.25, -0.2) is 13.6 Å². The van der Waals surface area contributed by atoms with E-state index in [0.29, 0.717) is 35.4 Å². The summed E-state index contributed by atoms with van der Waals surface area (Å²) in [6.45, 7) is 2.54. The largest absolute Gasteiger partial charge is 0.480 e. The molecule has 212 valence electrons. The highest BCUT2D eigenvalue weighted by atomic mass is 32.2. The molecule has 4 rings (SSSR count). The fourth-order valence-corrected chi connectivity index (χ4v) is 5.14. The summed E-state index contributed by atoms with van der Waals surface area (Å²) in [5.41, 5.74) is 4.94. The lowest BCUT2D eigenvalue weighted by atomic mass is 9.93. The van der Waals surface area contributed by atoms with Crippen molar-refractivity contribution < 1.29 is 23.5 Å². The lowest BCUT2D eigenvalue weighted by molar-refractivity contribution is -0.139. The van der Waals surface area contributed by atoms with Gasteiger partial charge in [0, 0.05) is 36.0 Å². The first-order valence-electron chi connectivity index (χ1n) is 13.2. The first-order chi connectivity index (χ1) is 19.8. The van der Waals surface area contributed by atoms with E-state index >= 15 is 0 Å². The number of hydrogen-bond acceptors (Lipinski definition) is 4. The molecular weight excluding hydrogens is 542 g/mol. The molecular formula is C33H32F2N2O3S. The van der Waals surface area contributed by atoms with E-state index in [1.165, 1.54) is 23.9 Å². The summed E-state index contributed by atoms with van der Waals surface area (Å²) in [7, 11) is 0. The van der Waals surface area contributed by atoms with Crippen molar-refractivity contribution in [3.05, 3.63) is 125 Å². The Hall–Kier alpha value is -4.17. The summed E-state index contributed by atoms with van der Waals surface area (Å²) < 4.78 is 28.2. The van der Waals surface area contributed by atoms with Crippen LogP contribution in [0.5, 0.6) is 0 Å². The number of aryl methyl sites for hydroxylation is 1. The lowest BCUT2D eigenvalue weighted by Gasteiger charge is -2.26. The Balaban J connectivity index is 1.72. The van der Waals surface area contributed by atoms with E-state index in [1.807, 2.05) is 84.8 Å². The van der Waals surface area contributed by atoms with E-state index in [0.717, 1.165) is 28.4 Å². The number of carboxylic acid groups (broad SMARTS) is 1. The van der Waals surface area contributed by atoms with Crippen LogP contribution in [0.2, 0.25) is 0 Å². The second-order valence-electron chi connectivity index (χ2n) is 9.77. The van der Waals surface area contributed by atoms with E-state index in [1.54, 1.807) is 6.07 Å². The van der Waals surface area contributed by atoms with Crippen molar-refractivity contribution in [2.24, 2.45) is 0 Å². The Labute approximate surface area is 243 Å². The van der Waals surface area contributed by atoms with Crippen molar-refractivity contribution in [1.29, 1.82) is 0 Å². The molecule has 0 aliphatic heterocycles. The van der Waals surface area contributed by atoms with Gasteiger partial charge in [-0.2, -0.15) is 11.8 Å². The Kier molecular flexibility index (Phi) is 10.1. The molecule has 4 aromatic rings. The molecule has 0 spiro atoms. The second kappa shape index (κ2) is 13.9. The topological polar surface area (TPSA) is 69.6 Å². The smallest absolute Gasteiger partial charge is 0.326 e. The number of rotatable bonds is 12. The van der Waals surface area contributed by atoms with E-state index in [9.17, 15) is 23.5 Å². The number of benzene rings is 4. The third kappa shape index (κ3) is 7.73. The summed E-state index contributed by atoms with van der Waals surface area (Å²) in [4.78, 5) is 27.2. The van der Waals surface area contributed by atoms with Crippen LogP contribution in [0.25, 0.3) is 11.1 Å². The molecule has 0 aliphatic rings. The van der Waals surface area contributed by atoms with Gasteiger partial charge in [0.05, 0.1) is 0 Å². The van der Waals surface area contributed by atoms with Crippen LogP contribution in [0.1, 0.15) is 33.5 Å². The van der Waals surface area contributed by atoms with Crippen molar-refractivity contribution in [2.45, 2.75) is 32.5 Å². The zero-order valence-corrected chi connectivity index (χ0v) is 23.8. The molecule has 1 unspecified atom stereocenters. The van der Waals surface area contributed by atoms with Crippen molar-refractivity contribution in [3.8, 4) is 11.1 Å². The third-order valence-electron chi connectivity index (χ3n) is 6.85. The molecule has 5 nitrogen and oxygen atoms in total. The highest BCUT2D eigenvalue weighted by molar-refractivity contribution is 7.98. The number of thioether (sulfide) groups is 1. The van der Waals surface area contributed by atoms with Gasteiger partial charge < -0.3 is 15.3 Å². The summed E-state index contributed by atoms with van der Waals surface area (Å²) in [5.74, 6) is -2.18. The first-order valence-corrected chi connectivity index (χ1v) is 14.6. The average molecular weight is 575 g/mol. The SMILES string of the molecule is CSCCC(NC(=O)c1ccc(CN(Cc2ccc(F)cc2F)c2ccccc2)cc1-c1ccccc1C)C(=O)O. The predicted molar refractivity (Wildman–Crippen MR) is 161 cm³/mol. The standard InChI is InChI=1S/C33H32F2N2O3S/c1-22-8-6-7-11-27(22)29-18-23(12-15-28(29)32(38)36-31(33(39)40)16-17-41-2)20-37(26-9-4-3-5-10-26)21-24-13-14-25(34)19-30(24)35/h3-15,18-19,31H,16-17,20-21H2,1-2H3,(H,36,38)(H,39,40). The van der Waals surface area contributed by atoms with Gasteiger partial charge in [-0.3, -0.25) is 4.79 Å². The Bertz CT molecular complexity index is 1510. The van der Waals surface area contributed by atoms with Crippen molar-refractivity contribution >= 4 is 29.3 Å². The number of nitrogens with zero attached hydrogens (tertiary/aromatic N) is 1. The van der Waals surface area contributed by atoms with Crippen LogP contribution in [0.15, 0.2) is 91.0 Å². The molecule has 41 heavy (non-hydrogen) atoms. The van der Waals surface area contributed by atoms with Gasteiger partial charge >= 0.3 is 5.97 Å². The first kappa shape index (κ1) is 29.8. The van der Waals surface area contributed by atoms with Crippen LogP contribution in [-0.4, -0.2) is 35.0 Å². The number of nitrogens with one attached hydrogen (secondary N) is 1. The minimum Gasteiger partial charge on any atom is -0.480 e. The molecule has 4 aromatic carbocycles. The summed E-state index contributed by atoms with van der Waals surface area (Å²) in [6, 6.07) is 25.2. The summed E-state index contributed by atoms with van der Waals surface area (Å²) in [5, 5.41) is 12.3. The normalized spacial score (nSPS) is 11.6. The highest BCUT2D eigenvalue weighted by Gasteiger charge is 2.23. The van der Waals surface area contributed by atoms with Crippen molar-refractivity contribution in [3.63, 3.8) is 0 Å². The fourth-order valence-electron chi connectivity index (χ4n) is 4.67. The number of para-hydroxylation sites is 1. The number of carboxylic acids is 1. The third-order valence-corrected chi connectivity index (χ3v) is 7.49. The van der Waals surface area contributed by atoms with Crippen LogP contribution in [0.4, 0.5) is 14.5 Å². The zero-order chi connectivity index (χ0) is 29.4. The molecule has 0 aliphatic carbocycles. The van der Waals surface area contributed by atoms with Crippen molar-refractivity contribution in [2.75, 3.05) is 16.9 Å². The zero-order valence-electron chi connectivity index (χ0n) is 22.9. The second-order valence-corrected chi connectivity index (χ2v) is 10.8. The Morgan fingerprint density at radius 1 is 0.902 bits per heavy atom. The number of amides is 1. The minimum absolute atomic E-state index is 0.202. The number of carbonyl (C=O) groups excluding carboxylic acids is 1. The maximum atomic E-state index is 14.6. The number of anilines is 1. The number of carbonyl (C=O) groups is 2. The average Bonchev–Trinajstić information content (AvgIpc) is 2.96. The van der Waals surface area contributed by atoms with E-state index in [2.05, 4.69) is 5.32 Å². The van der Waals surface area contributed by atoms with Crippen LogP contribution >= 0.6 is 11.8 Å². The quantitative estimate of drug-likeness (QED) is 0.189. The van der Waals surface area contributed by atoms with E-state index in [4.69, 9.17) is 0 Å². The molecule has 0 bridgehead atoms. The molecule has 1 amide bonds. The molecule has 0 fully saturated rings. The van der Waals surface area contributed by atoms with Crippen LogP contribution < -0.4 is 10.2 Å². The van der Waals surface area contributed by atoms with Gasteiger partial charge in [-0.1, -0.05) is 54.6 Å². The van der Waals surface area contributed by atoms with Crippen LogP contribution in [0, 0.1) is 18.6 Å². The number of aliphatic carboxylic acids is 1.